The number of carbonyl (C=O) groups excluding carboxylic acids is 1. The molecule has 0 atom stereocenters. The van der Waals surface area contributed by atoms with Crippen molar-refractivity contribution < 1.29 is 4.79 Å². The Morgan fingerprint density at radius 2 is 1.61 bits per heavy atom. The smallest absolute Gasteiger partial charge is 0.266 e. The van der Waals surface area contributed by atoms with Crippen molar-refractivity contribution in [3.8, 4) is 0 Å². The van der Waals surface area contributed by atoms with E-state index in [0.29, 0.717) is 16.6 Å². The summed E-state index contributed by atoms with van der Waals surface area (Å²) in [6.45, 7) is 4.04. The molecule has 0 aromatic heterocycles. The van der Waals surface area contributed by atoms with Crippen molar-refractivity contribution >= 4 is 35.1 Å². The van der Waals surface area contributed by atoms with E-state index in [1.807, 2.05) is 80.6 Å². The fourth-order valence-electron chi connectivity index (χ4n) is 3.14. The molecule has 0 radical (unpaired) electrons. The number of amidine groups is 1. The number of benzene rings is 3. The molecular weight excluding hydrogens is 368 g/mol. The average Bonchev–Trinajstić information content (AvgIpc) is 3.00. The molecule has 3 aromatic rings. The van der Waals surface area contributed by atoms with Gasteiger partial charge in [0.1, 0.15) is 11.5 Å². The molecule has 0 saturated carbocycles. The highest BCUT2D eigenvalue weighted by atomic mass is 35.5. The van der Waals surface area contributed by atoms with Crippen LogP contribution in [0.2, 0.25) is 5.02 Å². The van der Waals surface area contributed by atoms with E-state index in [4.69, 9.17) is 11.6 Å². The van der Waals surface area contributed by atoms with Gasteiger partial charge in [0.15, 0.2) is 0 Å². The van der Waals surface area contributed by atoms with E-state index >= 15 is 0 Å². The van der Waals surface area contributed by atoms with E-state index in [0.717, 1.165) is 22.4 Å². The second kappa shape index (κ2) is 7.45. The van der Waals surface area contributed by atoms with Crippen LogP contribution < -0.4 is 4.90 Å². The van der Waals surface area contributed by atoms with Crippen molar-refractivity contribution in [1.82, 2.24) is 0 Å². The minimum absolute atomic E-state index is 0.142. The van der Waals surface area contributed by atoms with Crippen LogP contribution in [0.1, 0.15) is 22.3 Å². The Kier molecular flexibility index (Phi) is 4.84. The summed E-state index contributed by atoms with van der Waals surface area (Å²) in [5.74, 6) is 0.460. The van der Waals surface area contributed by atoms with Crippen molar-refractivity contribution in [3.05, 3.63) is 106 Å². The van der Waals surface area contributed by atoms with Crippen LogP contribution in [-0.4, -0.2) is 11.7 Å². The first-order valence-corrected chi connectivity index (χ1v) is 9.43. The maximum absolute atomic E-state index is 13.3. The van der Waals surface area contributed by atoms with Gasteiger partial charge < -0.3 is 0 Å². The molecule has 0 N–H and O–H groups in total. The van der Waals surface area contributed by atoms with Gasteiger partial charge in [-0.1, -0.05) is 53.6 Å². The van der Waals surface area contributed by atoms with Gasteiger partial charge in [-0.15, -0.1) is 0 Å². The zero-order valence-electron chi connectivity index (χ0n) is 15.7. The van der Waals surface area contributed by atoms with Crippen molar-refractivity contribution in [3.63, 3.8) is 0 Å². The summed E-state index contributed by atoms with van der Waals surface area (Å²) in [5, 5.41) is 0.645. The van der Waals surface area contributed by atoms with Crippen LogP contribution in [-0.2, 0) is 4.79 Å². The third-order valence-corrected chi connectivity index (χ3v) is 4.86. The minimum atomic E-state index is -0.142. The predicted molar refractivity (Wildman–Crippen MR) is 116 cm³/mol. The SMILES string of the molecule is Cc1ccc(/C=C2/N=C(c3ccc(Cl)cc3)N(c3cccc(C)c3)C2=O)cc1. The maximum atomic E-state index is 13.3. The van der Waals surface area contributed by atoms with Gasteiger partial charge in [-0.05, 0) is 67.4 Å². The molecular formula is C24H19ClN2O. The van der Waals surface area contributed by atoms with Crippen LogP contribution >= 0.6 is 11.6 Å². The summed E-state index contributed by atoms with van der Waals surface area (Å²) in [4.78, 5) is 19.6. The molecule has 3 aromatic carbocycles. The first kappa shape index (κ1) is 18.2. The lowest BCUT2D eigenvalue weighted by Gasteiger charge is -2.19. The van der Waals surface area contributed by atoms with Gasteiger partial charge in [0.2, 0.25) is 0 Å². The Morgan fingerprint density at radius 1 is 0.893 bits per heavy atom. The Morgan fingerprint density at radius 3 is 2.29 bits per heavy atom. The predicted octanol–water partition coefficient (Wildman–Crippen LogP) is 5.79. The summed E-state index contributed by atoms with van der Waals surface area (Å²) in [7, 11) is 0. The number of rotatable bonds is 3. The number of anilines is 1. The molecule has 138 valence electrons. The van der Waals surface area contributed by atoms with Gasteiger partial charge in [-0.3, -0.25) is 9.69 Å². The van der Waals surface area contributed by atoms with Crippen LogP contribution in [0, 0.1) is 13.8 Å². The van der Waals surface area contributed by atoms with Gasteiger partial charge in [0.05, 0.1) is 5.69 Å². The molecule has 0 bridgehead atoms. The quantitative estimate of drug-likeness (QED) is 0.524. The Balaban J connectivity index is 1.82. The molecule has 0 unspecified atom stereocenters. The highest BCUT2D eigenvalue weighted by Crippen LogP contribution is 2.29. The van der Waals surface area contributed by atoms with E-state index < -0.39 is 0 Å². The molecule has 28 heavy (non-hydrogen) atoms. The standard InChI is InChI=1S/C24H19ClN2O/c1-16-6-8-18(9-7-16)15-22-24(28)27(21-5-3-4-17(2)14-21)23(26-22)19-10-12-20(25)13-11-19/h3-15H,1-2H3/b22-15+. The zero-order valence-corrected chi connectivity index (χ0v) is 16.4. The fourth-order valence-corrected chi connectivity index (χ4v) is 3.26. The topological polar surface area (TPSA) is 32.7 Å². The lowest BCUT2D eigenvalue weighted by Crippen LogP contribution is -2.32. The fraction of sp³-hybridized carbons (Fsp3) is 0.0833. The summed E-state index contributed by atoms with van der Waals surface area (Å²) < 4.78 is 0. The molecule has 4 rings (SSSR count). The van der Waals surface area contributed by atoms with Crippen molar-refractivity contribution in [2.75, 3.05) is 4.90 Å². The van der Waals surface area contributed by atoms with Gasteiger partial charge in [-0.2, -0.15) is 0 Å². The summed E-state index contributed by atoms with van der Waals surface area (Å²) in [6.07, 6.45) is 1.83. The molecule has 3 nitrogen and oxygen atoms in total. The van der Waals surface area contributed by atoms with Gasteiger partial charge in [0, 0.05) is 10.6 Å². The normalized spacial score (nSPS) is 15.2. The average molecular weight is 387 g/mol. The highest BCUT2D eigenvalue weighted by molar-refractivity contribution is 6.34. The second-order valence-electron chi connectivity index (χ2n) is 6.86. The molecule has 4 heteroatoms. The molecule has 0 fully saturated rings. The van der Waals surface area contributed by atoms with Crippen molar-refractivity contribution in [2.24, 2.45) is 4.99 Å². The lowest BCUT2D eigenvalue weighted by molar-refractivity contribution is -0.113. The van der Waals surface area contributed by atoms with E-state index in [2.05, 4.69) is 4.99 Å². The number of amides is 1. The van der Waals surface area contributed by atoms with Crippen LogP contribution in [0.3, 0.4) is 0 Å². The van der Waals surface area contributed by atoms with E-state index in [9.17, 15) is 4.79 Å². The van der Waals surface area contributed by atoms with Crippen LogP contribution in [0.4, 0.5) is 5.69 Å². The molecule has 1 amide bonds. The van der Waals surface area contributed by atoms with Crippen molar-refractivity contribution in [2.45, 2.75) is 13.8 Å². The molecule has 0 aliphatic carbocycles. The molecule has 1 aliphatic heterocycles. The van der Waals surface area contributed by atoms with Gasteiger partial charge in [-0.25, -0.2) is 4.99 Å². The Labute approximate surface area is 169 Å². The minimum Gasteiger partial charge on any atom is -0.266 e. The third-order valence-electron chi connectivity index (χ3n) is 4.60. The van der Waals surface area contributed by atoms with Crippen LogP contribution in [0.25, 0.3) is 6.08 Å². The van der Waals surface area contributed by atoms with E-state index in [1.165, 1.54) is 5.56 Å². The lowest BCUT2D eigenvalue weighted by atomic mass is 10.1. The van der Waals surface area contributed by atoms with Crippen LogP contribution in [0.15, 0.2) is 83.5 Å². The number of aliphatic imine (C=N–C) groups is 1. The monoisotopic (exact) mass is 386 g/mol. The first-order chi connectivity index (χ1) is 13.5. The maximum Gasteiger partial charge on any atom is 0.282 e. The first-order valence-electron chi connectivity index (χ1n) is 9.05. The molecule has 0 saturated heterocycles. The third kappa shape index (κ3) is 3.62. The number of carbonyl (C=O) groups is 1. The van der Waals surface area contributed by atoms with Gasteiger partial charge >= 0.3 is 0 Å². The number of hydrogen-bond acceptors (Lipinski definition) is 2. The summed E-state index contributed by atoms with van der Waals surface area (Å²) >= 11 is 6.04. The Hall–Kier alpha value is -3.17. The number of hydrogen-bond donors (Lipinski definition) is 0. The van der Waals surface area contributed by atoms with Gasteiger partial charge in [0.25, 0.3) is 5.91 Å². The van der Waals surface area contributed by atoms with Crippen LogP contribution in [0.5, 0.6) is 0 Å². The molecule has 1 aliphatic rings. The van der Waals surface area contributed by atoms with E-state index in [-0.39, 0.29) is 5.91 Å². The summed E-state index contributed by atoms with van der Waals surface area (Å²) in [5.41, 5.74) is 5.25. The largest absolute Gasteiger partial charge is 0.282 e. The number of halogens is 1. The van der Waals surface area contributed by atoms with Crippen molar-refractivity contribution in [1.29, 1.82) is 0 Å². The number of nitrogens with zero attached hydrogens (tertiary/aromatic N) is 2. The molecule has 1 heterocycles. The highest BCUT2D eigenvalue weighted by Gasteiger charge is 2.32. The summed E-state index contributed by atoms with van der Waals surface area (Å²) in [6, 6.07) is 23.2. The zero-order chi connectivity index (χ0) is 19.7. The number of aryl methyl sites for hydroxylation is 2. The second-order valence-corrected chi connectivity index (χ2v) is 7.30. The Bertz CT molecular complexity index is 1100. The van der Waals surface area contributed by atoms with E-state index in [1.54, 1.807) is 17.0 Å². The molecule has 0 spiro atoms.